The van der Waals surface area contributed by atoms with Crippen LogP contribution in [0.4, 0.5) is 14.5 Å². The van der Waals surface area contributed by atoms with Crippen molar-refractivity contribution in [2.24, 2.45) is 0 Å². The maximum atomic E-state index is 13.3. The van der Waals surface area contributed by atoms with Crippen LogP contribution in [0.1, 0.15) is 10.8 Å². The van der Waals surface area contributed by atoms with Crippen molar-refractivity contribution in [3.8, 4) is 22.9 Å². The summed E-state index contributed by atoms with van der Waals surface area (Å²) in [6.45, 7) is -2.92. The van der Waals surface area contributed by atoms with Crippen molar-refractivity contribution in [2.45, 2.75) is 17.0 Å². The summed E-state index contributed by atoms with van der Waals surface area (Å²) in [5, 5.41) is 10.8. The topological polar surface area (TPSA) is 104 Å². The number of methoxy groups -OCH3 is 1. The van der Waals surface area contributed by atoms with Crippen molar-refractivity contribution in [1.29, 1.82) is 0 Å². The molecule has 11 heteroatoms. The molecule has 1 atom stereocenters. The quantitative estimate of drug-likeness (QED) is 0.254. The second kappa shape index (κ2) is 10.9. The molecule has 0 spiro atoms. The number of hydrogen-bond donors (Lipinski definition) is 2. The van der Waals surface area contributed by atoms with Crippen LogP contribution in [0.15, 0.2) is 84.0 Å². The molecule has 0 aliphatic carbocycles. The van der Waals surface area contributed by atoms with Crippen molar-refractivity contribution in [2.75, 3.05) is 18.3 Å². The number of thioether (sulfide) groups is 1. The SMILES string of the molecule is COc1cccc(NC(=O)C(Sc2nnc(-c3ccc(OC(F)F)cc3)n2N)c2ccccc2)c1. The smallest absolute Gasteiger partial charge is 0.387 e. The number of benzene rings is 3. The third-order valence-electron chi connectivity index (χ3n) is 4.90. The number of amides is 1. The molecule has 3 aromatic carbocycles. The highest BCUT2D eigenvalue weighted by atomic mass is 32.2. The highest BCUT2D eigenvalue weighted by Crippen LogP contribution is 2.36. The Morgan fingerprint density at radius 1 is 1.00 bits per heavy atom. The first-order valence-electron chi connectivity index (χ1n) is 10.4. The Kier molecular flexibility index (Phi) is 7.46. The molecule has 0 saturated heterocycles. The van der Waals surface area contributed by atoms with E-state index in [0.29, 0.717) is 28.0 Å². The summed E-state index contributed by atoms with van der Waals surface area (Å²) in [6.07, 6.45) is 0. The molecule has 1 unspecified atom stereocenters. The molecule has 35 heavy (non-hydrogen) atoms. The largest absolute Gasteiger partial charge is 0.497 e. The van der Waals surface area contributed by atoms with Gasteiger partial charge >= 0.3 is 6.61 Å². The lowest BCUT2D eigenvalue weighted by Gasteiger charge is -2.17. The Labute approximate surface area is 204 Å². The lowest BCUT2D eigenvalue weighted by Crippen LogP contribution is -2.20. The average molecular weight is 498 g/mol. The summed E-state index contributed by atoms with van der Waals surface area (Å²) < 4.78 is 35.7. The van der Waals surface area contributed by atoms with Gasteiger partial charge in [-0.15, -0.1) is 10.2 Å². The van der Waals surface area contributed by atoms with Gasteiger partial charge in [-0.2, -0.15) is 8.78 Å². The van der Waals surface area contributed by atoms with Crippen molar-refractivity contribution in [1.82, 2.24) is 14.9 Å². The number of anilines is 1. The fraction of sp³-hybridized carbons (Fsp3) is 0.125. The lowest BCUT2D eigenvalue weighted by molar-refractivity contribution is -0.115. The number of nitrogens with zero attached hydrogens (tertiary/aromatic N) is 3. The van der Waals surface area contributed by atoms with Crippen LogP contribution in [0.3, 0.4) is 0 Å². The van der Waals surface area contributed by atoms with Crippen molar-refractivity contribution >= 4 is 23.4 Å². The molecule has 4 rings (SSSR count). The van der Waals surface area contributed by atoms with E-state index in [4.69, 9.17) is 10.6 Å². The van der Waals surface area contributed by atoms with Crippen molar-refractivity contribution < 1.29 is 23.0 Å². The van der Waals surface area contributed by atoms with E-state index >= 15 is 0 Å². The van der Waals surface area contributed by atoms with E-state index in [0.717, 1.165) is 17.3 Å². The first-order chi connectivity index (χ1) is 16.9. The van der Waals surface area contributed by atoms with E-state index in [1.807, 2.05) is 30.3 Å². The number of nitrogens with one attached hydrogen (secondary N) is 1. The molecule has 0 aliphatic rings. The summed E-state index contributed by atoms with van der Waals surface area (Å²) in [7, 11) is 1.55. The van der Waals surface area contributed by atoms with Gasteiger partial charge in [0.2, 0.25) is 11.1 Å². The molecule has 1 heterocycles. The number of aromatic nitrogens is 3. The summed E-state index contributed by atoms with van der Waals surface area (Å²) in [4.78, 5) is 13.3. The first-order valence-corrected chi connectivity index (χ1v) is 11.2. The molecule has 0 saturated carbocycles. The molecule has 180 valence electrons. The van der Waals surface area contributed by atoms with Gasteiger partial charge in [-0.25, -0.2) is 4.68 Å². The highest BCUT2D eigenvalue weighted by Gasteiger charge is 2.26. The van der Waals surface area contributed by atoms with Gasteiger partial charge in [0.25, 0.3) is 0 Å². The van der Waals surface area contributed by atoms with Gasteiger partial charge in [-0.05, 0) is 42.0 Å². The number of carbonyl (C=O) groups excluding carboxylic acids is 1. The summed E-state index contributed by atoms with van der Waals surface area (Å²) in [5.74, 6) is 6.89. The Hall–Kier alpha value is -4.12. The minimum absolute atomic E-state index is 0.0137. The van der Waals surface area contributed by atoms with Gasteiger partial charge in [0.05, 0.1) is 7.11 Å². The van der Waals surface area contributed by atoms with Crippen LogP contribution in [0.5, 0.6) is 11.5 Å². The normalized spacial score (nSPS) is 11.8. The van der Waals surface area contributed by atoms with E-state index < -0.39 is 11.9 Å². The Morgan fingerprint density at radius 2 is 1.74 bits per heavy atom. The Balaban J connectivity index is 1.58. The second-order valence-corrected chi connectivity index (χ2v) is 8.28. The molecule has 1 amide bonds. The van der Waals surface area contributed by atoms with Gasteiger partial charge in [0, 0.05) is 17.3 Å². The minimum atomic E-state index is -2.92. The highest BCUT2D eigenvalue weighted by molar-refractivity contribution is 8.00. The summed E-state index contributed by atoms with van der Waals surface area (Å²) >= 11 is 1.13. The molecule has 3 N–H and O–H groups in total. The van der Waals surface area contributed by atoms with Gasteiger partial charge in [0.1, 0.15) is 16.7 Å². The monoisotopic (exact) mass is 497 g/mol. The number of hydrogen-bond acceptors (Lipinski definition) is 7. The standard InChI is InChI=1S/C24H21F2N5O3S/c1-33-19-9-5-8-17(14-19)28-22(32)20(15-6-3-2-4-7-15)35-24-30-29-21(31(24)27)16-10-12-18(13-11-16)34-23(25)26/h2-14,20,23H,27H2,1H3,(H,28,32). The van der Waals surface area contributed by atoms with Gasteiger partial charge in [-0.3, -0.25) is 4.79 Å². The fourth-order valence-electron chi connectivity index (χ4n) is 3.25. The van der Waals surface area contributed by atoms with Gasteiger partial charge < -0.3 is 20.6 Å². The van der Waals surface area contributed by atoms with Crippen molar-refractivity contribution in [3.63, 3.8) is 0 Å². The molecule has 4 aromatic rings. The van der Waals surface area contributed by atoms with Crippen molar-refractivity contribution in [3.05, 3.63) is 84.4 Å². The van der Waals surface area contributed by atoms with Crippen LogP contribution < -0.4 is 20.6 Å². The number of ether oxygens (including phenoxy) is 2. The first kappa shape index (κ1) is 24.0. The molecule has 8 nitrogen and oxygen atoms in total. The molecular formula is C24H21F2N5O3S. The van der Waals surface area contributed by atoms with E-state index in [9.17, 15) is 13.6 Å². The number of alkyl halides is 2. The maximum Gasteiger partial charge on any atom is 0.387 e. The van der Waals surface area contributed by atoms with Crippen LogP contribution in [-0.4, -0.2) is 34.5 Å². The average Bonchev–Trinajstić information content (AvgIpc) is 3.23. The zero-order chi connectivity index (χ0) is 24.8. The van der Waals surface area contributed by atoms with Crippen LogP contribution in [0.2, 0.25) is 0 Å². The number of nitrogen functional groups attached to an aromatic ring is 1. The van der Waals surface area contributed by atoms with E-state index in [1.54, 1.807) is 43.5 Å². The van der Waals surface area contributed by atoms with E-state index in [2.05, 4.69) is 20.3 Å². The van der Waals surface area contributed by atoms with Gasteiger partial charge in [0.15, 0.2) is 5.82 Å². The maximum absolute atomic E-state index is 13.3. The summed E-state index contributed by atoms with van der Waals surface area (Å²) in [6, 6.07) is 22.1. The summed E-state index contributed by atoms with van der Waals surface area (Å²) in [5.41, 5.74) is 1.87. The second-order valence-electron chi connectivity index (χ2n) is 7.21. The number of carbonyl (C=O) groups is 1. The zero-order valence-electron chi connectivity index (χ0n) is 18.5. The predicted molar refractivity (Wildman–Crippen MR) is 129 cm³/mol. The number of nitrogens with two attached hydrogens (primary N) is 1. The van der Waals surface area contributed by atoms with Crippen LogP contribution in [0, 0.1) is 0 Å². The zero-order valence-corrected chi connectivity index (χ0v) is 19.3. The van der Waals surface area contributed by atoms with Gasteiger partial charge in [-0.1, -0.05) is 48.2 Å². The number of rotatable bonds is 9. The predicted octanol–water partition coefficient (Wildman–Crippen LogP) is 4.74. The minimum Gasteiger partial charge on any atom is -0.497 e. The molecule has 0 aliphatic heterocycles. The lowest BCUT2D eigenvalue weighted by atomic mass is 10.1. The Bertz CT molecular complexity index is 1290. The third-order valence-corrected chi connectivity index (χ3v) is 6.11. The van der Waals surface area contributed by atoms with E-state index in [1.165, 1.54) is 16.8 Å². The molecule has 1 aromatic heterocycles. The fourth-order valence-corrected chi connectivity index (χ4v) is 4.21. The molecular weight excluding hydrogens is 476 g/mol. The van der Waals surface area contributed by atoms with Crippen LogP contribution >= 0.6 is 11.8 Å². The molecule has 0 fully saturated rings. The third kappa shape index (κ3) is 5.87. The number of halogens is 2. The molecule has 0 bridgehead atoms. The van der Waals surface area contributed by atoms with E-state index in [-0.39, 0.29) is 11.7 Å². The molecule has 0 radical (unpaired) electrons. The van der Waals surface area contributed by atoms with Crippen LogP contribution in [0.25, 0.3) is 11.4 Å². The Morgan fingerprint density at radius 3 is 2.43 bits per heavy atom. The van der Waals surface area contributed by atoms with Crippen LogP contribution in [-0.2, 0) is 4.79 Å².